The highest BCUT2D eigenvalue weighted by Gasteiger charge is 2.30. The SMILES string of the molecule is O=C(c1ccncc1)N(Cc1ccc2c(c1)OCO2)C1CCC(c2ccccc2)CC1. The molecule has 3 aromatic rings. The van der Waals surface area contributed by atoms with Crippen LogP contribution < -0.4 is 9.47 Å². The summed E-state index contributed by atoms with van der Waals surface area (Å²) >= 11 is 0. The lowest BCUT2D eigenvalue weighted by molar-refractivity contribution is 0.0605. The summed E-state index contributed by atoms with van der Waals surface area (Å²) in [5, 5.41) is 0. The Bertz CT molecular complexity index is 1030. The van der Waals surface area contributed by atoms with Crippen molar-refractivity contribution in [2.45, 2.75) is 44.2 Å². The zero-order valence-corrected chi connectivity index (χ0v) is 17.4. The van der Waals surface area contributed by atoms with Gasteiger partial charge in [0, 0.05) is 30.5 Å². The molecule has 0 radical (unpaired) electrons. The van der Waals surface area contributed by atoms with Crippen LogP contribution in [0, 0.1) is 0 Å². The molecule has 5 nitrogen and oxygen atoms in total. The largest absolute Gasteiger partial charge is 0.454 e. The Morgan fingerprint density at radius 1 is 0.903 bits per heavy atom. The molecule has 1 fully saturated rings. The molecule has 2 aromatic carbocycles. The van der Waals surface area contributed by atoms with Crippen LogP contribution >= 0.6 is 0 Å². The summed E-state index contributed by atoms with van der Waals surface area (Å²) in [6.07, 6.45) is 7.55. The van der Waals surface area contributed by atoms with Gasteiger partial charge in [0.15, 0.2) is 11.5 Å². The van der Waals surface area contributed by atoms with E-state index in [4.69, 9.17) is 9.47 Å². The van der Waals surface area contributed by atoms with E-state index >= 15 is 0 Å². The molecule has 0 saturated heterocycles. The summed E-state index contributed by atoms with van der Waals surface area (Å²) in [5.74, 6) is 2.14. The van der Waals surface area contributed by atoms with Crippen molar-refractivity contribution >= 4 is 5.91 Å². The smallest absolute Gasteiger partial charge is 0.254 e. The van der Waals surface area contributed by atoms with Crippen LogP contribution in [0.1, 0.15) is 53.1 Å². The highest BCUT2D eigenvalue weighted by molar-refractivity contribution is 5.94. The highest BCUT2D eigenvalue weighted by atomic mass is 16.7. The number of carbonyl (C=O) groups excluding carboxylic acids is 1. The first-order valence-corrected chi connectivity index (χ1v) is 10.9. The molecule has 1 amide bonds. The number of ether oxygens (including phenoxy) is 2. The molecule has 0 unspecified atom stereocenters. The molecule has 1 aromatic heterocycles. The normalized spacial score (nSPS) is 19.7. The Balaban J connectivity index is 1.36. The first-order valence-electron chi connectivity index (χ1n) is 10.9. The number of nitrogens with zero attached hydrogens (tertiary/aromatic N) is 2. The van der Waals surface area contributed by atoms with Crippen molar-refractivity contribution in [1.29, 1.82) is 0 Å². The van der Waals surface area contributed by atoms with Crippen LogP contribution in [0.3, 0.4) is 0 Å². The molecule has 0 spiro atoms. The molecule has 0 atom stereocenters. The fourth-order valence-electron chi connectivity index (χ4n) is 4.71. The molecule has 5 rings (SSSR count). The first-order chi connectivity index (χ1) is 15.3. The maximum absolute atomic E-state index is 13.5. The number of rotatable bonds is 5. The highest BCUT2D eigenvalue weighted by Crippen LogP contribution is 2.37. The van der Waals surface area contributed by atoms with E-state index in [1.807, 2.05) is 23.1 Å². The van der Waals surface area contributed by atoms with Crippen molar-refractivity contribution in [2.75, 3.05) is 6.79 Å². The topological polar surface area (TPSA) is 51.7 Å². The van der Waals surface area contributed by atoms with Crippen molar-refractivity contribution in [1.82, 2.24) is 9.88 Å². The van der Waals surface area contributed by atoms with E-state index in [-0.39, 0.29) is 18.7 Å². The van der Waals surface area contributed by atoms with Gasteiger partial charge >= 0.3 is 0 Å². The Labute approximate surface area is 182 Å². The van der Waals surface area contributed by atoms with Crippen LogP contribution in [-0.2, 0) is 6.54 Å². The molecule has 2 heterocycles. The summed E-state index contributed by atoms with van der Waals surface area (Å²) in [5.41, 5.74) is 3.14. The number of hydrogen-bond donors (Lipinski definition) is 0. The monoisotopic (exact) mass is 414 g/mol. The second kappa shape index (κ2) is 8.80. The lowest BCUT2D eigenvalue weighted by atomic mass is 9.81. The van der Waals surface area contributed by atoms with Crippen LogP contribution in [0.5, 0.6) is 11.5 Å². The third-order valence-corrected chi connectivity index (χ3v) is 6.39. The van der Waals surface area contributed by atoms with Gasteiger partial charge in [0.2, 0.25) is 6.79 Å². The molecule has 0 N–H and O–H groups in total. The number of aromatic nitrogens is 1. The third-order valence-electron chi connectivity index (χ3n) is 6.39. The van der Waals surface area contributed by atoms with Gasteiger partial charge in [-0.15, -0.1) is 0 Å². The Morgan fingerprint density at radius 2 is 1.65 bits per heavy atom. The number of amides is 1. The standard InChI is InChI=1S/C26H26N2O3/c29-26(22-12-14-27-15-13-22)28(17-19-6-11-24-25(16-19)31-18-30-24)23-9-7-21(8-10-23)20-4-2-1-3-5-20/h1-6,11-16,21,23H,7-10,17-18H2. The molecule has 2 aliphatic rings. The molecule has 31 heavy (non-hydrogen) atoms. The predicted octanol–water partition coefficient (Wildman–Crippen LogP) is 5.18. The Hall–Kier alpha value is -3.34. The Kier molecular flexibility index (Phi) is 5.57. The lowest BCUT2D eigenvalue weighted by Gasteiger charge is -2.37. The lowest BCUT2D eigenvalue weighted by Crippen LogP contribution is -2.41. The molecular weight excluding hydrogens is 388 g/mol. The third kappa shape index (κ3) is 4.26. The van der Waals surface area contributed by atoms with Crippen molar-refractivity contribution in [2.24, 2.45) is 0 Å². The summed E-state index contributed by atoms with van der Waals surface area (Å²) in [4.78, 5) is 19.6. The summed E-state index contributed by atoms with van der Waals surface area (Å²) in [6, 6.07) is 20.5. The minimum Gasteiger partial charge on any atom is -0.454 e. The molecule has 1 saturated carbocycles. The minimum atomic E-state index is 0.0585. The van der Waals surface area contributed by atoms with E-state index in [1.165, 1.54) is 5.56 Å². The second-order valence-corrected chi connectivity index (χ2v) is 8.27. The molecule has 0 bridgehead atoms. The van der Waals surface area contributed by atoms with Crippen molar-refractivity contribution in [3.05, 3.63) is 89.7 Å². The maximum atomic E-state index is 13.5. The summed E-state index contributed by atoms with van der Waals surface area (Å²) in [7, 11) is 0. The van der Waals surface area contributed by atoms with Crippen molar-refractivity contribution < 1.29 is 14.3 Å². The zero-order chi connectivity index (χ0) is 21.0. The molecular formula is C26H26N2O3. The average molecular weight is 415 g/mol. The van der Waals surface area contributed by atoms with Crippen LogP contribution in [-0.4, -0.2) is 28.6 Å². The van der Waals surface area contributed by atoms with Crippen molar-refractivity contribution in [3.8, 4) is 11.5 Å². The quantitative estimate of drug-likeness (QED) is 0.577. The van der Waals surface area contributed by atoms with Crippen LogP contribution in [0.4, 0.5) is 0 Å². The van der Waals surface area contributed by atoms with E-state index in [1.54, 1.807) is 24.5 Å². The number of hydrogen-bond acceptors (Lipinski definition) is 4. The number of benzene rings is 2. The Morgan fingerprint density at radius 3 is 2.42 bits per heavy atom. The van der Waals surface area contributed by atoms with E-state index in [0.29, 0.717) is 18.0 Å². The fraction of sp³-hybridized carbons (Fsp3) is 0.308. The van der Waals surface area contributed by atoms with E-state index in [9.17, 15) is 4.79 Å². The number of carbonyl (C=O) groups is 1. The minimum absolute atomic E-state index is 0.0585. The second-order valence-electron chi connectivity index (χ2n) is 8.27. The van der Waals surface area contributed by atoms with E-state index in [0.717, 1.165) is 42.7 Å². The first kappa shape index (κ1) is 19.6. The maximum Gasteiger partial charge on any atom is 0.254 e. The molecule has 158 valence electrons. The molecule has 5 heteroatoms. The van der Waals surface area contributed by atoms with E-state index < -0.39 is 0 Å². The van der Waals surface area contributed by atoms with Gasteiger partial charge in [0.05, 0.1) is 0 Å². The van der Waals surface area contributed by atoms with Gasteiger partial charge in [0.1, 0.15) is 0 Å². The van der Waals surface area contributed by atoms with Gasteiger partial charge in [-0.3, -0.25) is 9.78 Å². The molecule has 1 aliphatic heterocycles. The van der Waals surface area contributed by atoms with E-state index in [2.05, 4.69) is 35.3 Å². The zero-order valence-electron chi connectivity index (χ0n) is 17.4. The van der Waals surface area contributed by atoms with Gasteiger partial charge in [-0.05, 0) is 67.0 Å². The molecule has 1 aliphatic carbocycles. The average Bonchev–Trinajstić information content (AvgIpc) is 3.31. The summed E-state index contributed by atoms with van der Waals surface area (Å²) in [6.45, 7) is 0.806. The van der Waals surface area contributed by atoms with Gasteiger partial charge in [-0.2, -0.15) is 0 Å². The predicted molar refractivity (Wildman–Crippen MR) is 118 cm³/mol. The van der Waals surface area contributed by atoms with Crippen LogP contribution in [0.15, 0.2) is 73.1 Å². The van der Waals surface area contributed by atoms with Crippen LogP contribution in [0.2, 0.25) is 0 Å². The van der Waals surface area contributed by atoms with Gasteiger partial charge in [-0.1, -0.05) is 36.4 Å². The van der Waals surface area contributed by atoms with Crippen molar-refractivity contribution in [3.63, 3.8) is 0 Å². The number of pyridine rings is 1. The number of fused-ring (bicyclic) bond motifs is 1. The van der Waals surface area contributed by atoms with Gasteiger partial charge < -0.3 is 14.4 Å². The van der Waals surface area contributed by atoms with Gasteiger partial charge in [-0.25, -0.2) is 0 Å². The summed E-state index contributed by atoms with van der Waals surface area (Å²) < 4.78 is 11.0. The fourth-order valence-corrected chi connectivity index (χ4v) is 4.71. The van der Waals surface area contributed by atoms with Gasteiger partial charge in [0.25, 0.3) is 5.91 Å². The van der Waals surface area contributed by atoms with Crippen LogP contribution in [0.25, 0.3) is 0 Å².